The van der Waals surface area contributed by atoms with Crippen molar-refractivity contribution in [2.75, 3.05) is 0 Å². The maximum absolute atomic E-state index is 12.7. The van der Waals surface area contributed by atoms with Gasteiger partial charge in [0.2, 0.25) is 0 Å². The van der Waals surface area contributed by atoms with Gasteiger partial charge in [-0.05, 0) is 41.5 Å². The van der Waals surface area contributed by atoms with Gasteiger partial charge in [-0.2, -0.15) is 26.3 Å². The first kappa shape index (κ1) is 14.2. The molecule has 106 valence electrons. The van der Waals surface area contributed by atoms with Gasteiger partial charge in [0.25, 0.3) is 0 Å². The number of halogens is 6. The van der Waals surface area contributed by atoms with Crippen LogP contribution in [0.5, 0.6) is 0 Å². The van der Waals surface area contributed by atoms with Crippen molar-refractivity contribution >= 4 is 0 Å². The minimum Gasteiger partial charge on any atom is -0.166 e. The van der Waals surface area contributed by atoms with E-state index in [0.29, 0.717) is 6.42 Å². The number of hydrogen-bond acceptors (Lipinski definition) is 0. The molecule has 6 heteroatoms. The molecule has 1 fully saturated rings. The van der Waals surface area contributed by atoms with Crippen molar-refractivity contribution in [2.45, 2.75) is 38.0 Å². The highest BCUT2D eigenvalue weighted by Crippen LogP contribution is 2.54. The first-order chi connectivity index (χ1) is 8.44. The number of rotatable bonds is 1. The third-order valence-corrected chi connectivity index (χ3v) is 3.90. The molecule has 0 saturated heterocycles. The maximum atomic E-state index is 12.7. The highest BCUT2D eigenvalue weighted by molar-refractivity contribution is 5.41. The maximum Gasteiger partial charge on any atom is 0.416 e. The molecule has 0 N–H and O–H groups in total. The predicted molar refractivity (Wildman–Crippen MR) is 57.6 cm³/mol. The second kappa shape index (κ2) is 3.90. The molecule has 0 amide bonds. The molecule has 0 bridgehead atoms. The van der Waals surface area contributed by atoms with Gasteiger partial charge >= 0.3 is 12.4 Å². The average molecular weight is 282 g/mol. The zero-order valence-corrected chi connectivity index (χ0v) is 10.3. The first-order valence-corrected chi connectivity index (χ1v) is 5.74. The largest absolute Gasteiger partial charge is 0.416 e. The lowest BCUT2D eigenvalue weighted by atomic mass is 9.92. The SMILES string of the molecule is CC1CC1(C)c1cc(C(F)(F)F)cc(C(F)(F)F)c1. The van der Waals surface area contributed by atoms with Gasteiger partial charge in [-0.25, -0.2) is 0 Å². The van der Waals surface area contributed by atoms with Crippen LogP contribution in [-0.2, 0) is 17.8 Å². The summed E-state index contributed by atoms with van der Waals surface area (Å²) < 4.78 is 76.0. The summed E-state index contributed by atoms with van der Waals surface area (Å²) in [6.07, 6.45) is -8.94. The summed E-state index contributed by atoms with van der Waals surface area (Å²) in [6, 6.07) is 1.83. The van der Waals surface area contributed by atoms with Crippen LogP contribution in [0.15, 0.2) is 18.2 Å². The van der Waals surface area contributed by atoms with Crippen LogP contribution >= 0.6 is 0 Å². The molecule has 19 heavy (non-hydrogen) atoms. The predicted octanol–water partition coefficient (Wildman–Crippen LogP) is 5.02. The van der Waals surface area contributed by atoms with Crippen LogP contribution in [0.2, 0.25) is 0 Å². The van der Waals surface area contributed by atoms with Crippen molar-refractivity contribution in [1.82, 2.24) is 0 Å². The first-order valence-electron chi connectivity index (χ1n) is 5.74. The molecule has 1 aliphatic rings. The normalized spacial score (nSPS) is 27.5. The van der Waals surface area contributed by atoms with E-state index in [9.17, 15) is 26.3 Å². The molecule has 0 nitrogen and oxygen atoms in total. The van der Waals surface area contributed by atoms with E-state index in [4.69, 9.17) is 0 Å². The van der Waals surface area contributed by atoms with Crippen molar-refractivity contribution in [1.29, 1.82) is 0 Å². The Morgan fingerprint density at radius 3 is 1.58 bits per heavy atom. The molecule has 1 aromatic carbocycles. The van der Waals surface area contributed by atoms with E-state index in [1.165, 1.54) is 0 Å². The standard InChI is InChI=1S/C13H12F6/c1-7-6-11(7,2)8-3-9(12(14,15)16)5-10(4-8)13(17,18)19/h3-5,7H,6H2,1-2H3. The fraction of sp³-hybridized carbons (Fsp3) is 0.538. The minimum absolute atomic E-state index is 0.0945. The lowest BCUT2D eigenvalue weighted by molar-refractivity contribution is -0.143. The molecular formula is C13H12F6. The summed E-state index contributed by atoms with van der Waals surface area (Å²) in [6.45, 7) is 3.50. The van der Waals surface area contributed by atoms with E-state index >= 15 is 0 Å². The Morgan fingerprint density at radius 1 is 0.947 bits per heavy atom. The average Bonchev–Trinajstić information content (AvgIpc) is 2.85. The van der Waals surface area contributed by atoms with Crippen LogP contribution in [0, 0.1) is 5.92 Å². The third kappa shape index (κ3) is 2.58. The van der Waals surface area contributed by atoms with E-state index < -0.39 is 28.9 Å². The fourth-order valence-corrected chi connectivity index (χ4v) is 2.26. The Balaban J connectivity index is 2.57. The van der Waals surface area contributed by atoms with Crippen LogP contribution in [0.25, 0.3) is 0 Å². The zero-order chi connectivity index (χ0) is 14.6. The number of hydrogen-bond donors (Lipinski definition) is 0. The van der Waals surface area contributed by atoms with Gasteiger partial charge in [-0.3, -0.25) is 0 Å². The van der Waals surface area contributed by atoms with Gasteiger partial charge in [0.15, 0.2) is 0 Å². The minimum atomic E-state index is -4.77. The zero-order valence-electron chi connectivity index (χ0n) is 10.3. The molecule has 0 radical (unpaired) electrons. The van der Waals surface area contributed by atoms with Gasteiger partial charge in [-0.1, -0.05) is 13.8 Å². The summed E-state index contributed by atoms with van der Waals surface area (Å²) in [4.78, 5) is 0. The molecule has 0 aliphatic heterocycles. The molecule has 1 aliphatic carbocycles. The van der Waals surface area contributed by atoms with Crippen molar-refractivity contribution in [3.05, 3.63) is 34.9 Å². The smallest absolute Gasteiger partial charge is 0.166 e. The fourth-order valence-electron chi connectivity index (χ4n) is 2.26. The summed E-state index contributed by atoms with van der Waals surface area (Å²) in [5.74, 6) is 0.0945. The topological polar surface area (TPSA) is 0 Å². The van der Waals surface area contributed by atoms with Crippen molar-refractivity contribution in [2.24, 2.45) is 5.92 Å². The monoisotopic (exact) mass is 282 g/mol. The Labute approximate surface area is 106 Å². The highest BCUT2D eigenvalue weighted by atomic mass is 19.4. The molecule has 0 aromatic heterocycles. The lowest BCUT2D eigenvalue weighted by Gasteiger charge is -2.17. The summed E-state index contributed by atoms with van der Waals surface area (Å²) in [7, 11) is 0. The highest BCUT2D eigenvalue weighted by Gasteiger charge is 2.49. The molecule has 2 rings (SSSR count). The van der Waals surface area contributed by atoms with Crippen LogP contribution in [0.1, 0.15) is 37.0 Å². The van der Waals surface area contributed by atoms with Crippen molar-refractivity contribution in [3.63, 3.8) is 0 Å². The Kier molecular flexibility index (Phi) is 2.92. The van der Waals surface area contributed by atoms with Gasteiger partial charge in [0.05, 0.1) is 11.1 Å². The van der Waals surface area contributed by atoms with Gasteiger partial charge in [0.1, 0.15) is 0 Å². The third-order valence-electron chi connectivity index (χ3n) is 3.90. The summed E-state index contributed by atoms with van der Waals surface area (Å²) in [5, 5.41) is 0. The molecule has 0 spiro atoms. The summed E-state index contributed by atoms with van der Waals surface area (Å²) >= 11 is 0. The van der Waals surface area contributed by atoms with Crippen LogP contribution in [0.3, 0.4) is 0 Å². The number of benzene rings is 1. The molecule has 2 unspecified atom stereocenters. The quantitative estimate of drug-likeness (QED) is 0.634. The van der Waals surface area contributed by atoms with E-state index in [-0.39, 0.29) is 17.5 Å². The van der Waals surface area contributed by atoms with Gasteiger partial charge in [0, 0.05) is 0 Å². The lowest BCUT2D eigenvalue weighted by Crippen LogP contribution is -2.14. The van der Waals surface area contributed by atoms with Crippen LogP contribution in [0.4, 0.5) is 26.3 Å². The molecule has 2 atom stereocenters. The van der Waals surface area contributed by atoms with Gasteiger partial charge < -0.3 is 0 Å². The van der Waals surface area contributed by atoms with Crippen LogP contribution in [-0.4, -0.2) is 0 Å². The number of alkyl halides is 6. The van der Waals surface area contributed by atoms with E-state index in [1.807, 2.05) is 6.92 Å². The van der Waals surface area contributed by atoms with Crippen LogP contribution < -0.4 is 0 Å². The molecule has 0 heterocycles. The Hall–Kier alpha value is -1.20. The van der Waals surface area contributed by atoms with E-state index in [0.717, 1.165) is 12.1 Å². The van der Waals surface area contributed by atoms with Gasteiger partial charge in [-0.15, -0.1) is 0 Å². The van der Waals surface area contributed by atoms with E-state index in [1.54, 1.807) is 6.92 Å². The Morgan fingerprint density at radius 2 is 1.32 bits per heavy atom. The summed E-state index contributed by atoms with van der Waals surface area (Å²) in [5.41, 5.74) is -2.95. The second-order valence-corrected chi connectivity index (χ2v) is 5.32. The molecular weight excluding hydrogens is 270 g/mol. The van der Waals surface area contributed by atoms with Crippen molar-refractivity contribution < 1.29 is 26.3 Å². The van der Waals surface area contributed by atoms with E-state index in [2.05, 4.69) is 0 Å². The molecule has 1 saturated carbocycles. The molecule has 1 aromatic rings. The second-order valence-electron chi connectivity index (χ2n) is 5.32. The Bertz CT molecular complexity index is 467. The van der Waals surface area contributed by atoms with Crippen molar-refractivity contribution in [3.8, 4) is 0 Å².